The molecule has 19 heavy (non-hydrogen) atoms. The molecule has 2 rings (SSSR count). The van der Waals surface area contributed by atoms with Gasteiger partial charge in [-0.05, 0) is 42.0 Å². The van der Waals surface area contributed by atoms with Gasteiger partial charge in [-0.3, -0.25) is 4.79 Å². The van der Waals surface area contributed by atoms with Gasteiger partial charge in [0.05, 0.1) is 18.1 Å². The van der Waals surface area contributed by atoms with Crippen LogP contribution < -0.4 is 4.74 Å². The third-order valence-corrected chi connectivity index (χ3v) is 2.50. The minimum absolute atomic E-state index is 0.00283. The van der Waals surface area contributed by atoms with E-state index >= 15 is 0 Å². The normalized spacial score (nSPS) is 9.63. The fourth-order valence-corrected chi connectivity index (χ4v) is 1.58. The fourth-order valence-electron chi connectivity index (χ4n) is 1.58. The maximum Gasteiger partial charge on any atom is 0.307 e. The van der Waals surface area contributed by atoms with E-state index in [0.717, 1.165) is 5.56 Å². The Morgan fingerprint density at radius 1 is 1.05 bits per heavy atom. The third-order valence-electron chi connectivity index (χ3n) is 2.50. The number of rotatable bonds is 4. The lowest BCUT2D eigenvalue weighted by atomic mass is 10.1. The van der Waals surface area contributed by atoms with Crippen LogP contribution in [0.25, 0.3) is 0 Å². The van der Waals surface area contributed by atoms with Crippen LogP contribution in [-0.4, -0.2) is 11.1 Å². The largest absolute Gasteiger partial charge is 0.481 e. The fraction of sp³-hybridized carbons (Fsp3) is 0.0667. The summed E-state index contributed by atoms with van der Waals surface area (Å²) in [5, 5.41) is 17.3. The SMILES string of the molecule is N#Cc1ccc(Oc2ccc(CC(=O)O)cc2)cc1. The molecule has 0 aliphatic carbocycles. The quantitative estimate of drug-likeness (QED) is 0.909. The number of aliphatic carboxylic acids is 1. The molecule has 0 aliphatic rings. The zero-order chi connectivity index (χ0) is 13.7. The highest BCUT2D eigenvalue weighted by molar-refractivity contribution is 5.70. The lowest BCUT2D eigenvalue weighted by Crippen LogP contribution is -1.99. The van der Waals surface area contributed by atoms with Crippen LogP contribution >= 0.6 is 0 Å². The van der Waals surface area contributed by atoms with E-state index in [0.29, 0.717) is 17.1 Å². The lowest BCUT2D eigenvalue weighted by Gasteiger charge is -2.06. The minimum atomic E-state index is -0.860. The number of ether oxygens (including phenoxy) is 1. The van der Waals surface area contributed by atoms with Crippen LogP contribution in [0.4, 0.5) is 0 Å². The van der Waals surface area contributed by atoms with Gasteiger partial charge in [0.2, 0.25) is 0 Å². The zero-order valence-electron chi connectivity index (χ0n) is 10.0. The monoisotopic (exact) mass is 253 g/mol. The van der Waals surface area contributed by atoms with Crippen molar-refractivity contribution in [1.29, 1.82) is 5.26 Å². The van der Waals surface area contributed by atoms with Gasteiger partial charge in [0.15, 0.2) is 0 Å². The Balaban J connectivity index is 2.06. The molecule has 4 nitrogen and oxygen atoms in total. The third kappa shape index (κ3) is 3.58. The highest BCUT2D eigenvalue weighted by Crippen LogP contribution is 2.22. The first-order valence-electron chi connectivity index (χ1n) is 5.66. The molecule has 0 aliphatic heterocycles. The summed E-state index contributed by atoms with van der Waals surface area (Å²) in [7, 11) is 0. The number of benzene rings is 2. The summed E-state index contributed by atoms with van der Waals surface area (Å²) < 4.78 is 5.58. The second-order valence-corrected chi connectivity index (χ2v) is 3.95. The molecule has 0 bridgehead atoms. The molecule has 4 heteroatoms. The van der Waals surface area contributed by atoms with Crippen LogP contribution in [0.5, 0.6) is 11.5 Å². The van der Waals surface area contributed by atoms with E-state index in [-0.39, 0.29) is 6.42 Å². The first-order chi connectivity index (χ1) is 9.17. The molecule has 0 fully saturated rings. The van der Waals surface area contributed by atoms with E-state index in [2.05, 4.69) is 0 Å². The lowest BCUT2D eigenvalue weighted by molar-refractivity contribution is -0.136. The van der Waals surface area contributed by atoms with Crippen LogP contribution in [-0.2, 0) is 11.2 Å². The molecular weight excluding hydrogens is 242 g/mol. The van der Waals surface area contributed by atoms with Gasteiger partial charge in [0, 0.05) is 0 Å². The number of hydrogen-bond acceptors (Lipinski definition) is 3. The van der Waals surface area contributed by atoms with E-state index in [1.165, 1.54) is 0 Å². The van der Waals surface area contributed by atoms with Crippen molar-refractivity contribution in [2.24, 2.45) is 0 Å². The second-order valence-electron chi connectivity index (χ2n) is 3.95. The average molecular weight is 253 g/mol. The predicted octanol–water partition coefficient (Wildman–Crippen LogP) is 2.98. The maximum absolute atomic E-state index is 10.5. The summed E-state index contributed by atoms with van der Waals surface area (Å²) in [4.78, 5) is 10.5. The van der Waals surface area contributed by atoms with Gasteiger partial charge in [0.25, 0.3) is 0 Å². The van der Waals surface area contributed by atoms with E-state index < -0.39 is 5.97 Å². The van der Waals surface area contributed by atoms with E-state index in [9.17, 15) is 4.79 Å². The van der Waals surface area contributed by atoms with Gasteiger partial charge in [-0.15, -0.1) is 0 Å². The van der Waals surface area contributed by atoms with Gasteiger partial charge >= 0.3 is 5.97 Å². The summed E-state index contributed by atoms with van der Waals surface area (Å²) >= 11 is 0. The highest BCUT2D eigenvalue weighted by atomic mass is 16.5. The Labute approximate surface area is 110 Å². The minimum Gasteiger partial charge on any atom is -0.481 e. The number of carbonyl (C=O) groups is 1. The van der Waals surface area contributed by atoms with Crippen LogP contribution in [0.2, 0.25) is 0 Å². The molecule has 1 N–H and O–H groups in total. The Hall–Kier alpha value is -2.80. The highest BCUT2D eigenvalue weighted by Gasteiger charge is 2.01. The number of carboxylic acids is 1. The Bertz CT molecular complexity index is 609. The molecule has 0 atom stereocenters. The molecule has 94 valence electrons. The van der Waals surface area contributed by atoms with Crippen LogP contribution in [0, 0.1) is 11.3 Å². The van der Waals surface area contributed by atoms with Crippen molar-refractivity contribution in [3.8, 4) is 17.6 Å². The van der Waals surface area contributed by atoms with Gasteiger partial charge in [0.1, 0.15) is 11.5 Å². The summed E-state index contributed by atoms with van der Waals surface area (Å²) in [5.41, 5.74) is 1.30. The molecule has 0 unspecified atom stereocenters. The molecule has 0 radical (unpaired) electrons. The molecule has 0 amide bonds. The first-order valence-corrected chi connectivity index (χ1v) is 5.66. The van der Waals surface area contributed by atoms with Crippen molar-refractivity contribution < 1.29 is 14.6 Å². The smallest absolute Gasteiger partial charge is 0.307 e. The zero-order valence-corrected chi connectivity index (χ0v) is 10.0. The van der Waals surface area contributed by atoms with Crippen LogP contribution in [0.3, 0.4) is 0 Å². The first kappa shape index (κ1) is 12.7. The molecule has 2 aromatic rings. The standard InChI is InChI=1S/C15H11NO3/c16-10-12-3-7-14(8-4-12)19-13-5-1-11(2-6-13)9-15(17)18/h1-8H,9H2,(H,17,18). The van der Waals surface area contributed by atoms with Gasteiger partial charge < -0.3 is 9.84 Å². The van der Waals surface area contributed by atoms with Crippen molar-refractivity contribution in [1.82, 2.24) is 0 Å². The summed E-state index contributed by atoms with van der Waals surface area (Å²) in [5.74, 6) is 0.393. The molecular formula is C15H11NO3. The molecule has 0 saturated carbocycles. The number of hydrogen-bond donors (Lipinski definition) is 1. The van der Waals surface area contributed by atoms with Crippen LogP contribution in [0.1, 0.15) is 11.1 Å². The topological polar surface area (TPSA) is 70.3 Å². The van der Waals surface area contributed by atoms with Crippen molar-refractivity contribution in [2.45, 2.75) is 6.42 Å². The molecule has 0 spiro atoms. The van der Waals surface area contributed by atoms with Crippen molar-refractivity contribution >= 4 is 5.97 Å². The maximum atomic E-state index is 10.5. The predicted molar refractivity (Wildman–Crippen MR) is 69.0 cm³/mol. The van der Waals surface area contributed by atoms with Crippen molar-refractivity contribution in [3.05, 3.63) is 59.7 Å². The van der Waals surface area contributed by atoms with E-state index in [4.69, 9.17) is 15.1 Å². The molecule has 0 heterocycles. The summed E-state index contributed by atoms with van der Waals surface area (Å²) in [6, 6.07) is 15.7. The molecule has 0 aromatic heterocycles. The van der Waals surface area contributed by atoms with Gasteiger partial charge in [-0.2, -0.15) is 5.26 Å². The second kappa shape index (κ2) is 5.69. The van der Waals surface area contributed by atoms with Crippen molar-refractivity contribution in [3.63, 3.8) is 0 Å². The summed E-state index contributed by atoms with van der Waals surface area (Å²) in [6.07, 6.45) is -0.00283. The Kier molecular flexibility index (Phi) is 3.79. The molecule has 2 aromatic carbocycles. The van der Waals surface area contributed by atoms with Gasteiger partial charge in [-0.25, -0.2) is 0 Å². The number of nitriles is 1. The summed E-state index contributed by atoms with van der Waals surface area (Å²) in [6.45, 7) is 0. The number of carboxylic acid groups (broad SMARTS) is 1. The Morgan fingerprint density at radius 2 is 1.58 bits per heavy atom. The van der Waals surface area contributed by atoms with Crippen LogP contribution in [0.15, 0.2) is 48.5 Å². The van der Waals surface area contributed by atoms with Crippen molar-refractivity contribution in [2.75, 3.05) is 0 Å². The Morgan fingerprint density at radius 3 is 2.05 bits per heavy atom. The molecule has 0 saturated heterocycles. The number of nitrogens with zero attached hydrogens (tertiary/aromatic N) is 1. The van der Waals surface area contributed by atoms with Gasteiger partial charge in [-0.1, -0.05) is 12.1 Å². The van der Waals surface area contributed by atoms with E-state index in [1.807, 2.05) is 6.07 Å². The average Bonchev–Trinajstić information content (AvgIpc) is 2.41. The van der Waals surface area contributed by atoms with E-state index in [1.54, 1.807) is 48.5 Å².